The van der Waals surface area contributed by atoms with Crippen LogP contribution in [0, 0.1) is 0 Å². The smallest absolute Gasteiger partial charge is 0.308 e. The third-order valence-electron chi connectivity index (χ3n) is 1.66. The Labute approximate surface area is 105 Å². The van der Waals surface area contributed by atoms with Gasteiger partial charge >= 0.3 is 5.97 Å². The van der Waals surface area contributed by atoms with Crippen molar-refractivity contribution in [3.63, 3.8) is 0 Å². The van der Waals surface area contributed by atoms with Crippen molar-refractivity contribution in [2.45, 2.75) is 20.5 Å². The van der Waals surface area contributed by atoms with Crippen molar-refractivity contribution < 1.29 is 29.3 Å². The number of carbonyl (C=O) groups excluding carboxylic acids is 1. The summed E-state index contributed by atoms with van der Waals surface area (Å²) >= 11 is 0. The van der Waals surface area contributed by atoms with Gasteiger partial charge in [0, 0.05) is 13.8 Å². The maximum atomic E-state index is 10.7. The molecule has 0 radical (unpaired) electrons. The fourth-order valence-corrected chi connectivity index (χ4v) is 1.05. The topological polar surface area (TPSA) is 93.1 Å². The maximum Gasteiger partial charge on any atom is 0.308 e. The molecule has 0 aliphatic rings. The number of benzene rings is 1. The monoisotopic (exact) mass is 256 g/mol. The molecule has 0 heterocycles. The Morgan fingerprint density at radius 3 is 2.17 bits per heavy atom. The molecule has 100 valence electrons. The summed E-state index contributed by atoms with van der Waals surface area (Å²) < 4.78 is 9.89. The van der Waals surface area contributed by atoms with Crippen LogP contribution in [0.15, 0.2) is 18.2 Å². The first-order chi connectivity index (χ1) is 8.40. The van der Waals surface area contributed by atoms with E-state index < -0.39 is 11.9 Å². The molecule has 1 aromatic carbocycles. The van der Waals surface area contributed by atoms with Crippen LogP contribution in [-0.2, 0) is 16.2 Å². The lowest BCUT2D eigenvalue weighted by Gasteiger charge is -2.08. The number of carbonyl (C=O) groups is 2. The molecule has 0 atom stereocenters. The van der Waals surface area contributed by atoms with Crippen LogP contribution < -0.4 is 9.47 Å². The molecule has 0 fully saturated rings. The van der Waals surface area contributed by atoms with Gasteiger partial charge in [-0.25, -0.2) is 0 Å². The van der Waals surface area contributed by atoms with E-state index in [2.05, 4.69) is 0 Å². The zero-order valence-corrected chi connectivity index (χ0v) is 10.5. The highest BCUT2D eigenvalue weighted by atomic mass is 16.6. The van der Waals surface area contributed by atoms with Crippen LogP contribution >= 0.6 is 0 Å². The number of rotatable bonds is 3. The predicted octanol–water partition coefficient (Wildman–Crippen LogP) is 1.20. The zero-order chi connectivity index (χ0) is 14.1. The average molecular weight is 256 g/mol. The molecule has 0 bridgehead atoms. The van der Waals surface area contributed by atoms with E-state index in [4.69, 9.17) is 24.5 Å². The molecule has 0 aromatic heterocycles. The van der Waals surface area contributed by atoms with Crippen molar-refractivity contribution in [1.82, 2.24) is 0 Å². The minimum Gasteiger partial charge on any atom is -0.493 e. The fourth-order valence-electron chi connectivity index (χ4n) is 1.05. The van der Waals surface area contributed by atoms with E-state index in [9.17, 15) is 4.79 Å². The molecular weight excluding hydrogens is 240 g/mol. The number of methoxy groups -OCH3 is 1. The van der Waals surface area contributed by atoms with Crippen molar-refractivity contribution in [2.75, 3.05) is 7.11 Å². The fraction of sp³-hybridized carbons (Fsp3) is 0.333. The van der Waals surface area contributed by atoms with E-state index in [0.29, 0.717) is 17.1 Å². The lowest BCUT2D eigenvalue weighted by atomic mass is 10.2. The van der Waals surface area contributed by atoms with Crippen LogP contribution in [0.2, 0.25) is 0 Å². The molecule has 0 aliphatic carbocycles. The largest absolute Gasteiger partial charge is 0.493 e. The Kier molecular flexibility index (Phi) is 7.14. The van der Waals surface area contributed by atoms with Gasteiger partial charge in [0.05, 0.1) is 13.7 Å². The van der Waals surface area contributed by atoms with Crippen molar-refractivity contribution in [2.24, 2.45) is 0 Å². The molecule has 18 heavy (non-hydrogen) atoms. The minimum atomic E-state index is -0.833. The van der Waals surface area contributed by atoms with E-state index >= 15 is 0 Å². The molecule has 0 saturated carbocycles. The van der Waals surface area contributed by atoms with Gasteiger partial charge in [0.1, 0.15) is 0 Å². The Morgan fingerprint density at radius 1 is 1.22 bits per heavy atom. The van der Waals surface area contributed by atoms with E-state index in [1.165, 1.54) is 14.0 Å². The van der Waals surface area contributed by atoms with E-state index in [1.54, 1.807) is 18.2 Å². The highest BCUT2D eigenvalue weighted by Crippen LogP contribution is 2.28. The summed E-state index contributed by atoms with van der Waals surface area (Å²) in [6, 6.07) is 4.91. The van der Waals surface area contributed by atoms with Gasteiger partial charge < -0.3 is 19.7 Å². The van der Waals surface area contributed by atoms with Crippen LogP contribution in [0.3, 0.4) is 0 Å². The average Bonchev–Trinajstić information content (AvgIpc) is 2.27. The number of carboxylic acids is 1. The van der Waals surface area contributed by atoms with Crippen molar-refractivity contribution in [3.8, 4) is 11.5 Å². The first kappa shape index (κ1) is 15.9. The highest BCUT2D eigenvalue weighted by Gasteiger charge is 2.07. The summed E-state index contributed by atoms with van der Waals surface area (Å²) in [5, 5.41) is 16.3. The molecular formula is C12H16O6. The van der Waals surface area contributed by atoms with E-state index in [0.717, 1.165) is 6.92 Å². The lowest BCUT2D eigenvalue weighted by molar-refractivity contribution is -0.134. The SMILES string of the molecule is CC(=O)O.COc1ccc(CO)cc1OC(C)=O. The third kappa shape index (κ3) is 6.49. The Morgan fingerprint density at radius 2 is 1.78 bits per heavy atom. The number of esters is 1. The second-order valence-corrected chi connectivity index (χ2v) is 3.26. The van der Waals surface area contributed by atoms with Gasteiger partial charge in [-0.15, -0.1) is 0 Å². The first-order valence-electron chi connectivity index (χ1n) is 5.06. The maximum absolute atomic E-state index is 10.7. The number of ether oxygens (including phenoxy) is 2. The summed E-state index contributed by atoms with van der Waals surface area (Å²) in [5.74, 6) is -0.456. The zero-order valence-electron chi connectivity index (χ0n) is 10.5. The van der Waals surface area contributed by atoms with Gasteiger partial charge in [-0.3, -0.25) is 9.59 Å². The van der Waals surface area contributed by atoms with Gasteiger partial charge in [-0.1, -0.05) is 6.07 Å². The second-order valence-electron chi connectivity index (χ2n) is 3.26. The summed E-state index contributed by atoms with van der Waals surface area (Å²) in [6.45, 7) is 2.29. The van der Waals surface area contributed by atoms with Crippen LogP contribution in [-0.4, -0.2) is 29.3 Å². The molecule has 0 aliphatic heterocycles. The number of carboxylic acid groups (broad SMARTS) is 1. The van der Waals surface area contributed by atoms with Gasteiger partial charge in [-0.05, 0) is 17.7 Å². The van der Waals surface area contributed by atoms with E-state index in [-0.39, 0.29) is 6.61 Å². The van der Waals surface area contributed by atoms with E-state index in [1.807, 2.05) is 0 Å². The number of aliphatic hydroxyl groups excluding tert-OH is 1. The molecule has 0 amide bonds. The number of hydrogen-bond acceptors (Lipinski definition) is 5. The summed E-state index contributed by atoms with van der Waals surface area (Å²) in [7, 11) is 1.49. The summed E-state index contributed by atoms with van der Waals surface area (Å²) in [4.78, 5) is 19.7. The number of hydrogen-bond donors (Lipinski definition) is 2. The molecule has 0 spiro atoms. The Hall–Kier alpha value is -2.08. The predicted molar refractivity (Wildman–Crippen MR) is 63.5 cm³/mol. The lowest BCUT2D eigenvalue weighted by Crippen LogP contribution is -2.03. The summed E-state index contributed by atoms with van der Waals surface area (Å²) in [6.07, 6.45) is 0. The molecule has 2 N–H and O–H groups in total. The standard InChI is InChI=1S/C10H12O4.C2H4O2/c1-7(12)14-10-5-8(6-11)3-4-9(10)13-2;1-2(3)4/h3-5,11H,6H2,1-2H3;1H3,(H,3,4). The molecule has 6 heteroatoms. The number of aliphatic carboxylic acids is 1. The van der Waals surface area contributed by atoms with Crippen LogP contribution in [0.25, 0.3) is 0 Å². The molecule has 0 unspecified atom stereocenters. The first-order valence-corrected chi connectivity index (χ1v) is 5.06. The Bertz CT molecular complexity index is 409. The van der Waals surface area contributed by atoms with Crippen molar-refractivity contribution in [1.29, 1.82) is 0 Å². The van der Waals surface area contributed by atoms with Crippen LogP contribution in [0.5, 0.6) is 11.5 Å². The normalized spacial score (nSPS) is 8.89. The molecule has 0 saturated heterocycles. The van der Waals surface area contributed by atoms with Gasteiger partial charge in [0.2, 0.25) is 0 Å². The molecule has 6 nitrogen and oxygen atoms in total. The third-order valence-corrected chi connectivity index (χ3v) is 1.66. The Balaban J connectivity index is 0.000000631. The molecule has 1 aromatic rings. The highest BCUT2D eigenvalue weighted by molar-refractivity contribution is 5.70. The molecule has 1 rings (SSSR count). The minimum absolute atomic E-state index is 0.0989. The van der Waals surface area contributed by atoms with Gasteiger partial charge in [-0.2, -0.15) is 0 Å². The second kappa shape index (κ2) is 8.08. The van der Waals surface area contributed by atoms with Crippen molar-refractivity contribution in [3.05, 3.63) is 23.8 Å². The number of aliphatic hydroxyl groups is 1. The van der Waals surface area contributed by atoms with Crippen LogP contribution in [0.4, 0.5) is 0 Å². The quantitative estimate of drug-likeness (QED) is 0.623. The van der Waals surface area contributed by atoms with Gasteiger partial charge in [0.25, 0.3) is 5.97 Å². The van der Waals surface area contributed by atoms with Crippen molar-refractivity contribution >= 4 is 11.9 Å². The van der Waals surface area contributed by atoms with Gasteiger partial charge in [0.15, 0.2) is 11.5 Å². The van der Waals surface area contributed by atoms with Crippen LogP contribution in [0.1, 0.15) is 19.4 Å². The summed E-state index contributed by atoms with van der Waals surface area (Å²) in [5.41, 5.74) is 0.669.